The molecule has 0 spiro atoms. The minimum Gasteiger partial charge on any atom is -0.508 e. The van der Waals surface area contributed by atoms with Crippen LogP contribution in [0.4, 0.5) is 27.7 Å². The minimum atomic E-state index is -0.485. The van der Waals surface area contributed by atoms with Crippen LogP contribution in [0.5, 0.6) is 40.5 Å². The summed E-state index contributed by atoms with van der Waals surface area (Å²) in [6, 6.07) is 71.3. The van der Waals surface area contributed by atoms with E-state index in [2.05, 4.69) is 138 Å². The second-order valence-electron chi connectivity index (χ2n) is 28.9. The number of aromatic hydroxyl groups is 1. The molecule has 0 amide bonds. The van der Waals surface area contributed by atoms with Crippen molar-refractivity contribution < 1.29 is 37.9 Å². The molecule has 0 aliphatic heterocycles. The Balaban J connectivity index is 0.000000115. The Kier molecular flexibility index (Phi) is 30.9. The molecule has 0 saturated carbocycles. The molecule has 0 fully saturated rings. The molecule has 7 aromatic carbocycles. The first-order chi connectivity index (χ1) is 65.9. The van der Waals surface area contributed by atoms with Gasteiger partial charge >= 0.3 is 0 Å². The lowest BCUT2D eigenvalue weighted by molar-refractivity contribution is 0.398. The second-order valence-corrected chi connectivity index (χ2v) is 37.0. The zero-order valence-electron chi connectivity index (χ0n) is 73.8. The van der Waals surface area contributed by atoms with E-state index in [1.807, 2.05) is 203 Å². The van der Waals surface area contributed by atoms with E-state index < -0.39 is 5.95 Å². The number of hydrogen-bond donors (Lipinski definition) is 5. The molecular weight excluding hydrogens is 1900 g/mol. The first kappa shape index (κ1) is 93.4. The molecule has 15 aromatic heterocycles. The number of methoxy groups -OCH3 is 6. The Morgan fingerprint density at radius 2 is 0.674 bits per heavy atom. The van der Waals surface area contributed by atoms with Crippen LogP contribution < -0.4 is 50.1 Å². The maximum Gasteiger partial charge on any atom is 0.212 e. The molecule has 0 radical (unpaired) electrons. The molecule has 0 bridgehead atoms. The molecule has 22 rings (SSSR count). The highest BCUT2D eigenvalue weighted by Gasteiger charge is 2.17. The number of aryl methyl sites for hydroxylation is 1. The molecule has 135 heavy (non-hydrogen) atoms. The summed E-state index contributed by atoms with van der Waals surface area (Å²) in [7, 11) is 13.5. The normalized spacial score (nSPS) is 10.7. The highest BCUT2D eigenvalue weighted by Crippen LogP contribution is 2.40. The van der Waals surface area contributed by atoms with Crippen LogP contribution in [0.2, 0.25) is 0 Å². The number of fused-ring (bicyclic) bond motifs is 7. The molecule has 15 heterocycles. The summed E-state index contributed by atoms with van der Waals surface area (Å²) in [5.74, 6) is 7.38. The van der Waals surface area contributed by atoms with E-state index in [-0.39, 0.29) is 5.75 Å². The molecule has 6 N–H and O–H groups in total. The molecule has 0 saturated heterocycles. The number of nitrogens with zero attached hydrogens (tertiary/aromatic N) is 15. The topological polar surface area (TPSA) is 331 Å². The first-order valence-electron chi connectivity index (χ1n) is 41.5. The fourth-order valence-corrected chi connectivity index (χ4v) is 20.4. The van der Waals surface area contributed by atoms with Crippen molar-refractivity contribution in [1.82, 2.24) is 74.8 Å². The first-order valence-corrected chi connectivity index (χ1v) is 48.0. The second kappa shape index (κ2) is 44.6. The van der Waals surface area contributed by atoms with Crippen LogP contribution in [0.15, 0.2) is 285 Å². The highest BCUT2D eigenvalue weighted by atomic mass is 79.9. The number of nitrogens with two attached hydrogens (primary N) is 1. The van der Waals surface area contributed by atoms with Crippen molar-refractivity contribution in [3.63, 3.8) is 0 Å². The van der Waals surface area contributed by atoms with Gasteiger partial charge in [-0.25, -0.2) is 69.8 Å². The van der Waals surface area contributed by atoms with Gasteiger partial charge in [-0.1, -0.05) is 35.0 Å². The van der Waals surface area contributed by atoms with Gasteiger partial charge in [0.05, 0.1) is 114 Å². The number of nitrogen functional groups attached to an aromatic ring is 1. The van der Waals surface area contributed by atoms with Gasteiger partial charge in [0.1, 0.15) is 87.1 Å². The Hall–Kier alpha value is -14.8. The van der Waals surface area contributed by atoms with Crippen LogP contribution in [0.3, 0.4) is 0 Å². The number of hydrogen-bond acceptors (Lipinski definition) is 33. The van der Waals surface area contributed by atoms with Crippen molar-refractivity contribution in [3.8, 4) is 115 Å². The third kappa shape index (κ3) is 24.0. The lowest BCUT2D eigenvalue weighted by Gasteiger charge is -2.05. The summed E-state index contributed by atoms with van der Waals surface area (Å²) in [6.07, 6.45) is 17.0. The largest absolute Gasteiger partial charge is 0.508 e. The maximum absolute atomic E-state index is 12.8. The number of anilines is 4. The fraction of sp³-hybridized carbons (Fsp3) is 0.110. The zero-order chi connectivity index (χ0) is 93.7. The van der Waals surface area contributed by atoms with Crippen LogP contribution in [-0.4, -0.2) is 137 Å². The average Bonchev–Trinajstić information content (AvgIpc) is 1.71. The average molecular weight is 1990 g/mol. The highest BCUT2D eigenvalue weighted by molar-refractivity contribution is 9.10. The van der Waals surface area contributed by atoms with Gasteiger partial charge in [-0.05, 0) is 218 Å². The molecule has 0 atom stereocenters. The van der Waals surface area contributed by atoms with E-state index in [9.17, 15) is 9.50 Å². The van der Waals surface area contributed by atoms with E-state index in [0.29, 0.717) is 24.1 Å². The minimum absolute atomic E-state index is 0.265. The number of phenols is 1. The number of ether oxygens (including phenoxy) is 6. The van der Waals surface area contributed by atoms with Crippen LogP contribution in [0.1, 0.15) is 18.1 Å². The Morgan fingerprint density at radius 1 is 0.333 bits per heavy atom. The summed E-state index contributed by atoms with van der Waals surface area (Å²) in [4.78, 5) is 65.4. The fourth-order valence-electron chi connectivity index (χ4n) is 12.9. The van der Waals surface area contributed by atoms with E-state index in [1.54, 1.807) is 166 Å². The Morgan fingerprint density at radius 3 is 1.01 bits per heavy atom. The maximum atomic E-state index is 12.8. The molecule has 0 aliphatic carbocycles. The third-order valence-electron chi connectivity index (χ3n) is 20.1. The van der Waals surface area contributed by atoms with Crippen LogP contribution in [-0.2, 0) is 13.0 Å². The van der Waals surface area contributed by atoms with Crippen molar-refractivity contribution >= 4 is 190 Å². The number of pyridine rings is 8. The van der Waals surface area contributed by atoms with Crippen LogP contribution in [0, 0.1) is 5.95 Å². The van der Waals surface area contributed by atoms with Gasteiger partial charge in [0.25, 0.3) is 0 Å². The number of halogens is 2. The zero-order valence-corrected chi connectivity index (χ0v) is 81.1. The van der Waals surface area contributed by atoms with E-state index in [1.165, 1.54) is 33.9 Å². The molecule has 22 aromatic rings. The smallest absolute Gasteiger partial charge is 0.212 e. The van der Waals surface area contributed by atoms with Crippen molar-refractivity contribution in [1.29, 1.82) is 0 Å². The molecule has 676 valence electrons. The Bertz CT molecular complexity index is 7340. The predicted octanol–water partition coefficient (Wildman–Crippen LogP) is 25.4. The number of benzene rings is 7. The van der Waals surface area contributed by atoms with Gasteiger partial charge in [0.2, 0.25) is 17.7 Å². The number of phenolic OH excluding ortho intramolecular Hbond substituents is 1. The van der Waals surface area contributed by atoms with E-state index in [0.717, 1.165) is 198 Å². The van der Waals surface area contributed by atoms with E-state index >= 15 is 0 Å². The monoisotopic (exact) mass is 1980 g/mol. The van der Waals surface area contributed by atoms with Crippen LogP contribution in [0.25, 0.3) is 146 Å². The molecule has 35 heteroatoms. The Labute approximate surface area is 810 Å². The van der Waals surface area contributed by atoms with Crippen molar-refractivity contribution in [2.75, 3.05) is 78.4 Å². The van der Waals surface area contributed by atoms with Gasteiger partial charge in [0.15, 0.2) is 0 Å². The summed E-state index contributed by atoms with van der Waals surface area (Å²) >= 11 is 14.8. The number of thiazole rings is 7. The molecule has 0 unspecified atom stereocenters. The van der Waals surface area contributed by atoms with Crippen molar-refractivity contribution in [3.05, 3.63) is 302 Å². The van der Waals surface area contributed by atoms with Gasteiger partial charge in [-0.2, -0.15) is 4.39 Å². The van der Waals surface area contributed by atoms with Gasteiger partial charge in [0, 0.05) is 132 Å². The standard InChI is InChI=1S/C19H16N4OS.C15H14N2OS.C14H13N3OS.C13H9BrN2OS.C13H9FN2OS.2C13H11N3OS/c1-24-15-5-6-16-17(9-15)25-19(23-16)14-4-7-18(22-12-14)21-11-13-3-2-8-20-10-13;1-3-10-4-6-12-13(8-10)19-15(17-12)11-5-7-14(18-2)16-9-11;1-15-13-6-3-9(8-16-13)14-17-11-5-4-10(18-2)7-12(11)19-14;1-17-12-5-2-8(7-15-12)13-16-10-4-3-9(14)6-11(10)18-13;2*1-17-9-3-4-10-11(6-9)18-13(16-10)8-2-5-12(14)15-7-8;1-14-12-5-2-8(7-15-12)13-16-10-4-3-9(17)6-11(10)18-13/h2-10,12H,11H2,1H3,(H,21,22);4-9H,3H2,1-2H3;3-8H,1-2H3,(H,15,16);2*2-7H,1H3;2-7H,1H3,(H2,14,15);2-7,17H,1H3,(H,14,15). The summed E-state index contributed by atoms with van der Waals surface area (Å²) in [5, 5.41) is 25.3. The summed E-state index contributed by atoms with van der Waals surface area (Å²) < 4.78 is 52.5. The lowest BCUT2D eigenvalue weighted by Crippen LogP contribution is -2.01. The molecule has 0 aliphatic rings. The van der Waals surface area contributed by atoms with Crippen molar-refractivity contribution in [2.45, 2.75) is 19.9 Å². The molecule has 26 nitrogen and oxygen atoms in total. The number of aromatic nitrogens is 15. The van der Waals surface area contributed by atoms with E-state index in [4.69, 9.17) is 34.2 Å². The quantitative estimate of drug-likeness (QED) is 0.0470. The SMILES string of the molecule is CCc1ccc2nc(-c3ccc(OC)nc3)sc2c1.CNc1ccc(-c2nc3ccc(O)cc3s2)cn1.CNc1ccc(-c2nc3ccc(OC)cc3s2)cn1.COc1ccc(-c2nc3ccc(Br)cc3s2)cn1.COc1ccc2nc(-c3ccc(F)nc3)sc2c1.COc1ccc2nc(-c3ccc(N)nc3)sc2c1.COc1ccc2nc(-c3ccc(NCc4cccnc4)nc3)sc2c1. The van der Waals surface area contributed by atoms with Gasteiger partial charge in [-0.15, -0.1) is 79.4 Å². The number of rotatable bonds is 19. The van der Waals surface area contributed by atoms with Crippen molar-refractivity contribution in [2.24, 2.45) is 0 Å². The third-order valence-corrected chi connectivity index (χ3v) is 28.1. The predicted molar refractivity (Wildman–Crippen MR) is 553 cm³/mol. The lowest BCUT2D eigenvalue weighted by atomic mass is 10.2. The van der Waals surface area contributed by atoms with Crippen LogP contribution >= 0.6 is 95.3 Å². The van der Waals surface area contributed by atoms with Gasteiger partial charge in [-0.3, -0.25) is 4.98 Å². The molecular formula is C100H83BrFN19O7S7. The number of nitrogens with one attached hydrogen (secondary N) is 3. The summed E-state index contributed by atoms with van der Waals surface area (Å²) in [5.41, 5.74) is 21.7. The summed E-state index contributed by atoms with van der Waals surface area (Å²) in [6.45, 7) is 2.86. The van der Waals surface area contributed by atoms with Gasteiger partial charge < -0.3 is 55.2 Å².